The summed E-state index contributed by atoms with van der Waals surface area (Å²) in [5.41, 5.74) is 1.35. The first-order chi connectivity index (χ1) is 9.63. The molecule has 0 amide bonds. The first kappa shape index (κ1) is 15.5. The smallest absolute Gasteiger partial charge is 0.0522 e. The zero-order valence-electron chi connectivity index (χ0n) is 13.5. The van der Waals surface area contributed by atoms with Gasteiger partial charge >= 0.3 is 0 Å². The minimum Gasteiger partial charge on any atom is -0.311 e. The molecule has 0 bridgehead atoms. The van der Waals surface area contributed by atoms with Gasteiger partial charge in [-0.25, -0.2) is 0 Å². The Morgan fingerprint density at radius 1 is 1.45 bits per heavy atom. The standard InChI is InChI=1S/C16H30N4/c1-5-13(3)16-10-17-15(6-2)12-20(16)8-7-14-9-18-19(4)11-14/h9,11,13,15-17H,5-8,10,12H2,1-4H3. The van der Waals surface area contributed by atoms with Gasteiger partial charge in [0.25, 0.3) is 0 Å². The molecule has 2 rings (SSSR count). The lowest BCUT2D eigenvalue weighted by Gasteiger charge is -2.43. The Bertz CT molecular complexity index is 401. The second kappa shape index (κ2) is 7.23. The predicted molar refractivity (Wildman–Crippen MR) is 83.8 cm³/mol. The van der Waals surface area contributed by atoms with Gasteiger partial charge in [-0.3, -0.25) is 9.58 Å². The summed E-state index contributed by atoms with van der Waals surface area (Å²) >= 11 is 0. The van der Waals surface area contributed by atoms with Crippen LogP contribution in [0.25, 0.3) is 0 Å². The van der Waals surface area contributed by atoms with Gasteiger partial charge in [0, 0.05) is 45.0 Å². The molecule has 0 aromatic carbocycles. The number of aromatic nitrogens is 2. The van der Waals surface area contributed by atoms with E-state index in [1.54, 1.807) is 0 Å². The lowest BCUT2D eigenvalue weighted by Crippen LogP contribution is -2.58. The van der Waals surface area contributed by atoms with E-state index in [2.05, 4.69) is 42.3 Å². The summed E-state index contributed by atoms with van der Waals surface area (Å²) in [4.78, 5) is 2.70. The SMILES string of the molecule is CCC1CN(CCc2cnn(C)c2)C(C(C)CC)CN1. The van der Waals surface area contributed by atoms with Crippen LogP contribution in [0.1, 0.15) is 39.2 Å². The molecule has 1 aromatic heterocycles. The molecule has 114 valence electrons. The maximum Gasteiger partial charge on any atom is 0.0522 e. The van der Waals surface area contributed by atoms with Crippen LogP contribution in [0.5, 0.6) is 0 Å². The van der Waals surface area contributed by atoms with Crippen LogP contribution >= 0.6 is 0 Å². The van der Waals surface area contributed by atoms with Crippen molar-refractivity contribution in [1.82, 2.24) is 20.0 Å². The van der Waals surface area contributed by atoms with Crippen molar-refractivity contribution in [3.05, 3.63) is 18.0 Å². The van der Waals surface area contributed by atoms with Crippen LogP contribution in [0.4, 0.5) is 0 Å². The van der Waals surface area contributed by atoms with Gasteiger partial charge in [-0.2, -0.15) is 5.10 Å². The Morgan fingerprint density at radius 3 is 2.85 bits per heavy atom. The normalized spacial score (nSPS) is 25.8. The zero-order chi connectivity index (χ0) is 14.5. The minimum absolute atomic E-state index is 0.657. The number of rotatable bonds is 6. The number of nitrogens with zero attached hydrogens (tertiary/aromatic N) is 3. The summed E-state index contributed by atoms with van der Waals surface area (Å²) in [5.74, 6) is 0.759. The molecular formula is C16H30N4. The van der Waals surface area contributed by atoms with E-state index in [9.17, 15) is 0 Å². The van der Waals surface area contributed by atoms with Crippen LogP contribution in [0.2, 0.25) is 0 Å². The fourth-order valence-electron chi connectivity index (χ4n) is 3.14. The molecule has 1 N–H and O–H groups in total. The topological polar surface area (TPSA) is 33.1 Å². The third-order valence-corrected chi connectivity index (χ3v) is 4.78. The molecular weight excluding hydrogens is 248 g/mol. The van der Waals surface area contributed by atoms with Crippen LogP contribution in [0, 0.1) is 5.92 Å². The third kappa shape index (κ3) is 3.83. The second-order valence-corrected chi connectivity index (χ2v) is 6.23. The average molecular weight is 278 g/mol. The van der Waals surface area contributed by atoms with Gasteiger partial charge in [0.05, 0.1) is 6.20 Å². The van der Waals surface area contributed by atoms with Crippen LogP contribution < -0.4 is 5.32 Å². The van der Waals surface area contributed by atoms with E-state index in [4.69, 9.17) is 0 Å². The molecule has 1 fully saturated rings. The van der Waals surface area contributed by atoms with E-state index in [0.717, 1.165) is 25.4 Å². The Labute approximate surface area is 123 Å². The fraction of sp³-hybridized carbons (Fsp3) is 0.812. The molecule has 0 radical (unpaired) electrons. The van der Waals surface area contributed by atoms with Crippen LogP contribution in [0.15, 0.2) is 12.4 Å². The molecule has 2 heterocycles. The first-order valence-electron chi connectivity index (χ1n) is 8.09. The van der Waals surface area contributed by atoms with Gasteiger partial charge in [-0.1, -0.05) is 27.2 Å². The zero-order valence-corrected chi connectivity index (χ0v) is 13.5. The minimum atomic E-state index is 0.657. The molecule has 4 heteroatoms. The third-order valence-electron chi connectivity index (χ3n) is 4.78. The number of aryl methyl sites for hydroxylation is 1. The van der Waals surface area contributed by atoms with Crippen molar-refractivity contribution < 1.29 is 0 Å². The number of hydrogen-bond donors (Lipinski definition) is 1. The van der Waals surface area contributed by atoms with Crippen LogP contribution in [-0.2, 0) is 13.5 Å². The Balaban J connectivity index is 1.95. The molecule has 0 saturated carbocycles. The van der Waals surface area contributed by atoms with E-state index in [1.807, 2.05) is 17.9 Å². The van der Waals surface area contributed by atoms with E-state index in [0.29, 0.717) is 12.1 Å². The van der Waals surface area contributed by atoms with Gasteiger partial charge in [0.2, 0.25) is 0 Å². The molecule has 0 aliphatic carbocycles. The summed E-state index contributed by atoms with van der Waals surface area (Å²) < 4.78 is 1.90. The number of hydrogen-bond acceptors (Lipinski definition) is 3. The Morgan fingerprint density at radius 2 is 2.25 bits per heavy atom. The van der Waals surface area contributed by atoms with Gasteiger partial charge in [-0.05, 0) is 24.3 Å². The lowest BCUT2D eigenvalue weighted by atomic mass is 9.93. The van der Waals surface area contributed by atoms with Crippen molar-refractivity contribution in [2.45, 2.75) is 52.1 Å². The molecule has 1 aliphatic heterocycles. The van der Waals surface area contributed by atoms with Crippen molar-refractivity contribution in [3.63, 3.8) is 0 Å². The predicted octanol–water partition coefficient (Wildman–Crippen LogP) is 2.06. The van der Waals surface area contributed by atoms with E-state index >= 15 is 0 Å². The van der Waals surface area contributed by atoms with Crippen molar-refractivity contribution in [1.29, 1.82) is 0 Å². The van der Waals surface area contributed by atoms with Gasteiger partial charge < -0.3 is 5.32 Å². The molecule has 0 spiro atoms. The molecule has 20 heavy (non-hydrogen) atoms. The largest absolute Gasteiger partial charge is 0.311 e. The summed E-state index contributed by atoms with van der Waals surface area (Å²) in [6, 6.07) is 1.34. The highest BCUT2D eigenvalue weighted by atomic mass is 15.2. The molecule has 1 saturated heterocycles. The summed E-state index contributed by atoms with van der Waals surface area (Å²) in [6.45, 7) is 10.4. The highest BCUT2D eigenvalue weighted by molar-refractivity contribution is 5.04. The van der Waals surface area contributed by atoms with Gasteiger partial charge in [0.1, 0.15) is 0 Å². The maximum absolute atomic E-state index is 4.27. The highest BCUT2D eigenvalue weighted by Gasteiger charge is 2.29. The average Bonchev–Trinajstić information content (AvgIpc) is 2.89. The van der Waals surface area contributed by atoms with E-state index < -0.39 is 0 Å². The summed E-state index contributed by atoms with van der Waals surface area (Å²) in [6.07, 6.45) is 7.72. The van der Waals surface area contributed by atoms with Crippen LogP contribution in [0.3, 0.4) is 0 Å². The van der Waals surface area contributed by atoms with Crippen molar-refractivity contribution in [2.24, 2.45) is 13.0 Å². The van der Waals surface area contributed by atoms with Crippen molar-refractivity contribution in [2.75, 3.05) is 19.6 Å². The highest BCUT2D eigenvalue weighted by Crippen LogP contribution is 2.19. The molecule has 3 unspecified atom stereocenters. The summed E-state index contributed by atoms with van der Waals surface area (Å²) in [5, 5.41) is 7.98. The van der Waals surface area contributed by atoms with Gasteiger partial charge in [-0.15, -0.1) is 0 Å². The molecule has 1 aromatic rings. The van der Waals surface area contributed by atoms with Crippen molar-refractivity contribution >= 4 is 0 Å². The Kier molecular flexibility index (Phi) is 5.61. The first-order valence-corrected chi connectivity index (χ1v) is 8.09. The summed E-state index contributed by atoms with van der Waals surface area (Å²) in [7, 11) is 1.99. The molecule has 1 aliphatic rings. The fourth-order valence-corrected chi connectivity index (χ4v) is 3.14. The van der Waals surface area contributed by atoms with E-state index in [-0.39, 0.29) is 0 Å². The monoisotopic (exact) mass is 278 g/mol. The number of nitrogens with one attached hydrogen (secondary N) is 1. The second-order valence-electron chi connectivity index (χ2n) is 6.23. The van der Waals surface area contributed by atoms with Crippen molar-refractivity contribution in [3.8, 4) is 0 Å². The quantitative estimate of drug-likeness (QED) is 0.864. The van der Waals surface area contributed by atoms with E-state index in [1.165, 1.54) is 24.9 Å². The van der Waals surface area contributed by atoms with Gasteiger partial charge in [0.15, 0.2) is 0 Å². The molecule has 4 nitrogen and oxygen atoms in total. The number of piperazine rings is 1. The van der Waals surface area contributed by atoms with Crippen LogP contribution in [-0.4, -0.2) is 46.4 Å². The lowest BCUT2D eigenvalue weighted by molar-refractivity contribution is 0.0915. The Hall–Kier alpha value is -0.870. The maximum atomic E-state index is 4.27. The molecule has 3 atom stereocenters.